The van der Waals surface area contributed by atoms with Crippen LogP contribution in [0.2, 0.25) is 0 Å². The van der Waals surface area contributed by atoms with Crippen molar-refractivity contribution in [3.8, 4) is 5.75 Å². The molecule has 0 aliphatic carbocycles. The summed E-state index contributed by atoms with van der Waals surface area (Å²) in [5, 5.41) is 0. The maximum Gasteiger partial charge on any atom is 0.254 e. The number of amides is 1. The average molecular weight is 372 g/mol. The summed E-state index contributed by atoms with van der Waals surface area (Å²) in [5.41, 5.74) is 1.33. The van der Waals surface area contributed by atoms with Gasteiger partial charge in [-0.05, 0) is 35.9 Å². The standard InChI is InChI=1S/C21H25FN2O3/c1-26-20-7-3-5-18(15-20)21(25)24(9-8-23-10-12-27-13-11-23)16-17-4-2-6-19(22)14-17/h2-7,14-15H,8-13,16H2,1H3. The molecule has 0 radical (unpaired) electrons. The molecule has 0 unspecified atom stereocenters. The minimum absolute atomic E-state index is 0.0913. The molecule has 3 rings (SSSR count). The highest BCUT2D eigenvalue weighted by Gasteiger charge is 2.19. The lowest BCUT2D eigenvalue weighted by Gasteiger charge is -2.30. The van der Waals surface area contributed by atoms with Gasteiger partial charge in [0.1, 0.15) is 11.6 Å². The van der Waals surface area contributed by atoms with E-state index in [1.807, 2.05) is 6.07 Å². The molecule has 6 heteroatoms. The van der Waals surface area contributed by atoms with Gasteiger partial charge in [0, 0.05) is 38.3 Å². The molecule has 0 atom stereocenters. The topological polar surface area (TPSA) is 42.0 Å². The third-order valence-corrected chi connectivity index (χ3v) is 4.66. The minimum Gasteiger partial charge on any atom is -0.497 e. The van der Waals surface area contributed by atoms with E-state index in [-0.39, 0.29) is 11.7 Å². The lowest BCUT2D eigenvalue weighted by Crippen LogP contribution is -2.42. The number of morpholine rings is 1. The molecular formula is C21H25FN2O3. The van der Waals surface area contributed by atoms with E-state index in [0.717, 1.165) is 25.2 Å². The zero-order chi connectivity index (χ0) is 19.1. The Morgan fingerprint density at radius 1 is 1.19 bits per heavy atom. The summed E-state index contributed by atoms with van der Waals surface area (Å²) in [6, 6.07) is 13.5. The summed E-state index contributed by atoms with van der Waals surface area (Å²) in [4.78, 5) is 17.2. The van der Waals surface area contributed by atoms with Crippen molar-refractivity contribution in [2.24, 2.45) is 0 Å². The molecule has 0 aromatic heterocycles. The first-order chi connectivity index (χ1) is 13.2. The van der Waals surface area contributed by atoms with Crippen LogP contribution in [0.15, 0.2) is 48.5 Å². The van der Waals surface area contributed by atoms with Gasteiger partial charge in [-0.1, -0.05) is 18.2 Å². The predicted octanol–water partition coefficient (Wildman–Crippen LogP) is 2.81. The number of hydrogen-bond donors (Lipinski definition) is 0. The van der Waals surface area contributed by atoms with Crippen LogP contribution < -0.4 is 4.74 Å². The maximum absolute atomic E-state index is 13.6. The van der Waals surface area contributed by atoms with Crippen molar-refractivity contribution in [3.63, 3.8) is 0 Å². The molecule has 0 saturated carbocycles. The SMILES string of the molecule is COc1cccc(C(=O)N(CCN2CCOCC2)Cc2cccc(F)c2)c1. The summed E-state index contributed by atoms with van der Waals surface area (Å²) in [6.07, 6.45) is 0. The highest BCUT2D eigenvalue weighted by atomic mass is 19.1. The van der Waals surface area contributed by atoms with E-state index in [9.17, 15) is 9.18 Å². The summed E-state index contributed by atoms with van der Waals surface area (Å²) >= 11 is 0. The van der Waals surface area contributed by atoms with Crippen molar-refractivity contribution < 1.29 is 18.7 Å². The molecule has 0 bridgehead atoms. The van der Waals surface area contributed by atoms with E-state index in [0.29, 0.717) is 37.6 Å². The van der Waals surface area contributed by atoms with E-state index in [4.69, 9.17) is 9.47 Å². The van der Waals surface area contributed by atoms with Crippen LogP contribution in [-0.2, 0) is 11.3 Å². The molecule has 1 amide bonds. The van der Waals surface area contributed by atoms with Crippen LogP contribution in [0.4, 0.5) is 4.39 Å². The van der Waals surface area contributed by atoms with Gasteiger partial charge in [-0.2, -0.15) is 0 Å². The molecule has 0 N–H and O–H groups in total. The Kier molecular flexibility index (Phi) is 6.79. The van der Waals surface area contributed by atoms with Crippen molar-refractivity contribution in [1.29, 1.82) is 0 Å². The third-order valence-electron chi connectivity index (χ3n) is 4.66. The first kappa shape index (κ1) is 19.3. The van der Waals surface area contributed by atoms with Crippen molar-refractivity contribution in [2.45, 2.75) is 6.54 Å². The summed E-state index contributed by atoms with van der Waals surface area (Å²) in [7, 11) is 1.58. The molecule has 1 fully saturated rings. The number of halogens is 1. The summed E-state index contributed by atoms with van der Waals surface area (Å²) in [6.45, 7) is 4.84. The highest BCUT2D eigenvalue weighted by molar-refractivity contribution is 5.94. The highest BCUT2D eigenvalue weighted by Crippen LogP contribution is 2.16. The van der Waals surface area contributed by atoms with E-state index in [1.54, 1.807) is 42.3 Å². The van der Waals surface area contributed by atoms with Gasteiger partial charge in [0.15, 0.2) is 0 Å². The number of methoxy groups -OCH3 is 1. The van der Waals surface area contributed by atoms with Gasteiger partial charge in [-0.3, -0.25) is 9.69 Å². The Balaban J connectivity index is 1.75. The van der Waals surface area contributed by atoms with Crippen LogP contribution >= 0.6 is 0 Å². The van der Waals surface area contributed by atoms with Crippen molar-refractivity contribution >= 4 is 5.91 Å². The van der Waals surface area contributed by atoms with Gasteiger partial charge in [-0.15, -0.1) is 0 Å². The van der Waals surface area contributed by atoms with Crippen LogP contribution in [0.5, 0.6) is 5.75 Å². The summed E-state index contributed by atoms with van der Waals surface area (Å²) in [5.74, 6) is 0.251. The molecular weight excluding hydrogens is 347 g/mol. The van der Waals surface area contributed by atoms with Crippen molar-refractivity contribution in [3.05, 3.63) is 65.5 Å². The van der Waals surface area contributed by atoms with Gasteiger partial charge in [0.05, 0.1) is 20.3 Å². The van der Waals surface area contributed by atoms with E-state index < -0.39 is 0 Å². The molecule has 2 aromatic rings. The largest absolute Gasteiger partial charge is 0.497 e. The predicted molar refractivity (Wildman–Crippen MR) is 101 cm³/mol. The lowest BCUT2D eigenvalue weighted by atomic mass is 10.1. The van der Waals surface area contributed by atoms with Crippen molar-refractivity contribution in [1.82, 2.24) is 9.80 Å². The normalized spacial score (nSPS) is 14.7. The Hall–Kier alpha value is -2.44. The first-order valence-corrected chi connectivity index (χ1v) is 9.13. The second-order valence-corrected chi connectivity index (χ2v) is 6.54. The van der Waals surface area contributed by atoms with E-state index in [1.165, 1.54) is 12.1 Å². The van der Waals surface area contributed by atoms with Crippen LogP contribution in [0.3, 0.4) is 0 Å². The fraction of sp³-hybridized carbons (Fsp3) is 0.381. The molecule has 2 aromatic carbocycles. The molecule has 144 valence electrons. The molecule has 27 heavy (non-hydrogen) atoms. The third kappa shape index (κ3) is 5.52. The van der Waals surface area contributed by atoms with Gasteiger partial charge < -0.3 is 14.4 Å². The Morgan fingerprint density at radius 2 is 1.96 bits per heavy atom. The van der Waals surface area contributed by atoms with Crippen molar-refractivity contribution in [2.75, 3.05) is 46.5 Å². The van der Waals surface area contributed by atoms with Crippen LogP contribution in [-0.4, -0.2) is 62.2 Å². The summed E-state index contributed by atoms with van der Waals surface area (Å²) < 4.78 is 24.2. The molecule has 0 spiro atoms. The van der Waals surface area contributed by atoms with E-state index >= 15 is 0 Å². The Labute approximate surface area is 159 Å². The lowest BCUT2D eigenvalue weighted by molar-refractivity contribution is 0.0320. The molecule has 5 nitrogen and oxygen atoms in total. The number of benzene rings is 2. The fourth-order valence-corrected chi connectivity index (χ4v) is 3.13. The average Bonchev–Trinajstić information content (AvgIpc) is 2.71. The fourth-order valence-electron chi connectivity index (χ4n) is 3.13. The van der Waals surface area contributed by atoms with E-state index in [2.05, 4.69) is 4.90 Å². The molecule has 1 heterocycles. The van der Waals surface area contributed by atoms with Gasteiger partial charge >= 0.3 is 0 Å². The zero-order valence-electron chi connectivity index (χ0n) is 15.6. The number of carbonyl (C=O) groups is 1. The quantitative estimate of drug-likeness (QED) is 0.750. The smallest absolute Gasteiger partial charge is 0.254 e. The van der Waals surface area contributed by atoms with Crippen LogP contribution in [0.1, 0.15) is 15.9 Å². The number of rotatable bonds is 7. The number of hydrogen-bond acceptors (Lipinski definition) is 4. The minimum atomic E-state index is -0.297. The zero-order valence-corrected chi connectivity index (χ0v) is 15.6. The van der Waals surface area contributed by atoms with Crippen LogP contribution in [0, 0.1) is 5.82 Å². The monoisotopic (exact) mass is 372 g/mol. The maximum atomic E-state index is 13.6. The van der Waals surface area contributed by atoms with Gasteiger partial charge in [0.2, 0.25) is 0 Å². The second-order valence-electron chi connectivity index (χ2n) is 6.54. The molecule has 1 aliphatic rings. The Bertz CT molecular complexity index is 763. The number of carbonyl (C=O) groups excluding carboxylic acids is 1. The Morgan fingerprint density at radius 3 is 2.70 bits per heavy atom. The van der Waals surface area contributed by atoms with Gasteiger partial charge in [0.25, 0.3) is 5.91 Å². The second kappa shape index (κ2) is 9.48. The number of ether oxygens (including phenoxy) is 2. The van der Waals surface area contributed by atoms with Gasteiger partial charge in [-0.25, -0.2) is 4.39 Å². The number of nitrogens with zero attached hydrogens (tertiary/aromatic N) is 2. The van der Waals surface area contributed by atoms with Crippen LogP contribution in [0.25, 0.3) is 0 Å². The first-order valence-electron chi connectivity index (χ1n) is 9.13. The molecule has 1 aliphatic heterocycles. The molecule has 1 saturated heterocycles.